The van der Waals surface area contributed by atoms with Gasteiger partial charge in [-0.05, 0) is 13.0 Å². The van der Waals surface area contributed by atoms with Crippen molar-refractivity contribution in [2.24, 2.45) is 0 Å². The summed E-state index contributed by atoms with van der Waals surface area (Å²) in [6.07, 6.45) is 3.31. The number of ether oxygens (including phenoxy) is 1. The fourth-order valence-electron chi connectivity index (χ4n) is 1.22. The number of allylic oxidation sites excluding steroid dienone is 1. The van der Waals surface area contributed by atoms with Crippen LogP contribution in [0.2, 0.25) is 0 Å². The largest absolute Gasteiger partial charge is 0.486 e. The number of aryl methyl sites for hydroxylation is 1. The molecule has 0 N–H and O–H groups in total. The number of nitro groups is 1. The molecule has 92 valence electrons. The SMILES string of the molecule is Cc1cc(OC/C=C/CCl)c(F)cc1[N+](=O)[O-]. The summed E-state index contributed by atoms with van der Waals surface area (Å²) in [5.41, 5.74) is 0.0962. The zero-order valence-corrected chi connectivity index (χ0v) is 9.91. The van der Waals surface area contributed by atoms with Gasteiger partial charge in [0.25, 0.3) is 5.69 Å². The molecule has 0 amide bonds. The third-order valence-electron chi connectivity index (χ3n) is 2.04. The van der Waals surface area contributed by atoms with Gasteiger partial charge in [-0.2, -0.15) is 0 Å². The maximum Gasteiger partial charge on any atom is 0.275 e. The molecule has 6 heteroatoms. The van der Waals surface area contributed by atoms with Crippen LogP contribution in [0.4, 0.5) is 10.1 Å². The van der Waals surface area contributed by atoms with Gasteiger partial charge in [0.2, 0.25) is 0 Å². The highest BCUT2D eigenvalue weighted by atomic mass is 35.5. The fraction of sp³-hybridized carbons (Fsp3) is 0.273. The molecular weight excluding hydrogens is 249 g/mol. The van der Waals surface area contributed by atoms with Crippen LogP contribution in [-0.4, -0.2) is 17.4 Å². The van der Waals surface area contributed by atoms with Crippen LogP contribution in [0, 0.1) is 22.9 Å². The van der Waals surface area contributed by atoms with E-state index in [1.807, 2.05) is 0 Å². The lowest BCUT2D eigenvalue weighted by Gasteiger charge is -2.06. The van der Waals surface area contributed by atoms with Crippen molar-refractivity contribution in [1.29, 1.82) is 0 Å². The van der Waals surface area contributed by atoms with Crippen LogP contribution in [0.5, 0.6) is 5.75 Å². The van der Waals surface area contributed by atoms with E-state index in [-0.39, 0.29) is 18.0 Å². The summed E-state index contributed by atoms with van der Waals surface area (Å²) in [7, 11) is 0. The Morgan fingerprint density at radius 2 is 2.24 bits per heavy atom. The monoisotopic (exact) mass is 259 g/mol. The van der Waals surface area contributed by atoms with Gasteiger partial charge < -0.3 is 4.74 Å². The van der Waals surface area contributed by atoms with E-state index in [1.165, 1.54) is 13.0 Å². The summed E-state index contributed by atoms with van der Waals surface area (Å²) < 4.78 is 18.5. The van der Waals surface area contributed by atoms with E-state index in [4.69, 9.17) is 16.3 Å². The molecule has 0 heterocycles. The number of nitro benzene ring substituents is 1. The Morgan fingerprint density at radius 3 is 2.82 bits per heavy atom. The molecule has 0 aliphatic rings. The molecule has 17 heavy (non-hydrogen) atoms. The molecule has 0 spiro atoms. The average Bonchev–Trinajstić information content (AvgIpc) is 2.28. The first-order valence-corrected chi connectivity index (χ1v) is 5.38. The van der Waals surface area contributed by atoms with Gasteiger partial charge in [-0.15, -0.1) is 11.6 Å². The van der Waals surface area contributed by atoms with Gasteiger partial charge in [0.15, 0.2) is 11.6 Å². The molecule has 0 unspecified atom stereocenters. The van der Waals surface area contributed by atoms with E-state index < -0.39 is 10.7 Å². The zero-order valence-electron chi connectivity index (χ0n) is 9.15. The van der Waals surface area contributed by atoms with Crippen LogP contribution in [-0.2, 0) is 0 Å². The van der Waals surface area contributed by atoms with Gasteiger partial charge in [0.1, 0.15) is 6.61 Å². The van der Waals surface area contributed by atoms with Gasteiger partial charge in [0.05, 0.1) is 11.0 Å². The molecule has 0 aromatic heterocycles. The number of halogens is 2. The predicted molar refractivity (Wildman–Crippen MR) is 63.1 cm³/mol. The molecule has 1 aromatic rings. The standard InChI is InChI=1S/C11H11ClFNO3/c1-8-6-11(17-5-3-2-4-12)9(13)7-10(8)14(15)16/h2-3,6-7H,4-5H2,1H3/b3-2+. The Hall–Kier alpha value is -1.62. The van der Waals surface area contributed by atoms with E-state index in [0.29, 0.717) is 11.4 Å². The molecule has 0 bridgehead atoms. The lowest BCUT2D eigenvalue weighted by atomic mass is 10.2. The Labute approximate surface area is 103 Å². The average molecular weight is 260 g/mol. The second kappa shape index (κ2) is 6.20. The number of hydrogen-bond donors (Lipinski definition) is 0. The van der Waals surface area contributed by atoms with E-state index in [1.54, 1.807) is 12.2 Å². The lowest BCUT2D eigenvalue weighted by Crippen LogP contribution is -1.99. The van der Waals surface area contributed by atoms with Crippen molar-refractivity contribution in [2.45, 2.75) is 6.92 Å². The van der Waals surface area contributed by atoms with Crippen LogP contribution in [0.25, 0.3) is 0 Å². The summed E-state index contributed by atoms with van der Waals surface area (Å²) in [6, 6.07) is 2.16. The first kappa shape index (κ1) is 13.4. The van der Waals surface area contributed by atoms with Gasteiger partial charge in [0, 0.05) is 11.4 Å². The molecule has 0 aliphatic carbocycles. The van der Waals surface area contributed by atoms with Crippen LogP contribution >= 0.6 is 11.6 Å². The number of benzene rings is 1. The Kier molecular flexibility index (Phi) is 4.90. The molecule has 0 atom stereocenters. The third kappa shape index (κ3) is 3.71. The Morgan fingerprint density at radius 1 is 1.53 bits per heavy atom. The number of rotatable bonds is 5. The summed E-state index contributed by atoms with van der Waals surface area (Å²) in [6.45, 7) is 1.69. The topological polar surface area (TPSA) is 52.4 Å². The van der Waals surface area contributed by atoms with Crippen molar-refractivity contribution >= 4 is 17.3 Å². The van der Waals surface area contributed by atoms with E-state index in [0.717, 1.165) is 6.07 Å². The van der Waals surface area contributed by atoms with Crippen molar-refractivity contribution in [1.82, 2.24) is 0 Å². The molecule has 0 fully saturated rings. The van der Waals surface area contributed by atoms with E-state index in [2.05, 4.69) is 0 Å². The molecule has 1 rings (SSSR count). The van der Waals surface area contributed by atoms with Crippen molar-refractivity contribution in [3.05, 3.63) is 45.8 Å². The third-order valence-corrected chi connectivity index (χ3v) is 2.22. The number of alkyl halides is 1. The second-order valence-electron chi connectivity index (χ2n) is 3.26. The summed E-state index contributed by atoms with van der Waals surface area (Å²) >= 11 is 5.40. The molecule has 4 nitrogen and oxygen atoms in total. The number of nitrogens with zero attached hydrogens (tertiary/aromatic N) is 1. The van der Waals surface area contributed by atoms with Gasteiger partial charge in [-0.1, -0.05) is 12.2 Å². The van der Waals surface area contributed by atoms with Crippen LogP contribution in [0.3, 0.4) is 0 Å². The highest BCUT2D eigenvalue weighted by Gasteiger charge is 2.15. The number of hydrogen-bond acceptors (Lipinski definition) is 3. The first-order chi connectivity index (χ1) is 8.06. The summed E-state index contributed by atoms with van der Waals surface area (Å²) in [5.74, 6) is -0.403. The minimum absolute atomic E-state index is 0.00711. The van der Waals surface area contributed by atoms with Crippen molar-refractivity contribution < 1.29 is 14.1 Å². The van der Waals surface area contributed by atoms with Crippen molar-refractivity contribution in [3.63, 3.8) is 0 Å². The smallest absolute Gasteiger partial charge is 0.275 e. The summed E-state index contributed by atoms with van der Waals surface area (Å²) in [4.78, 5) is 9.93. The predicted octanol–water partition coefficient (Wildman–Crippen LogP) is 3.22. The maximum absolute atomic E-state index is 13.4. The lowest BCUT2D eigenvalue weighted by molar-refractivity contribution is -0.385. The van der Waals surface area contributed by atoms with Crippen molar-refractivity contribution in [3.8, 4) is 5.75 Å². The van der Waals surface area contributed by atoms with E-state index in [9.17, 15) is 14.5 Å². The molecule has 1 aromatic carbocycles. The Balaban J connectivity index is 2.84. The maximum atomic E-state index is 13.4. The van der Waals surface area contributed by atoms with Crippen LogP contribution in [0.1, 0.15) is 5.56 Å². The molecule has 0 radical (unpaired) electrons. The highest BCUT2D eigenvalue weighted by molar-refractivity contribution is 6.18. The fourth-order valence-corrected chi connectivity index (χ4v) is 1.35. The molecule has 0 saturated heterocycles. The quantitative estimate of drug-likeness (QED) is 0.353. The van der Waals surface area contributed by atoms with Crippen LogP contribution in [0.15, 0.2) is 24.3 Å². The van der Waals surface area contributed by atoms with Gasteiger partial charge in [-0.3, -0.25) is 10.1 Å². The molecule has 0 saturated carbocycles. The van der Waals surface area contributed by atoms with Crippen molar-refractivity contribution in [2.75, 3.05) is 12.5 Å². The first-order valence-electron chi connectivity index (χ1n) is 4.84. The normalized spacial score (nSPS) is 10.8. The minimum atomic E-state index is -0.749. The van der Waals surface area contributed by atoms with E-state index >= 15 is 0 Å². The van der Waals surface area contributed by atoms with Gasteiger partial charge in [-0.25, -0.2) is 4.39 Å². The molecular formula is C11H11ClFNO3. The zero-order chi connectivity index (χ0) is 12.8. The van der Waals surface area contributed by atoms with Gasteiger partial charge >= 0.3 is 0 Å². The highest BCUT2D eigenvalue weighted by Crippen LogP contribution is 2.26. The Bertz CT molecular complexity index is 449. The second-order valence-corrected chi connectivity index (χ2v) is 3.57. The van der Waals surface area contributed by atoms with Crippen LogP contribution < -0.4 is 4.74 Å². The minimum Gasteiger partial charge on any atom is -0.486 e. The summed E-state index contributed by atoms with van der Waals surface area (Å²) in [5, 5.41) is 10.6. The molecule has 0 aliphatic heterocycles.